The summed E-state index contributed by atoms with van der Waals surface area (Å²) >= 11 is 0. The Morgan fingerprint density at radius 1 is 1.15 bits per heavy atom. The molecule has 1 aliphatic rings. The van der Waals surface area contributed by atoms with E-state index in [1.807, 2.05) is 6.07 Å². The van der Waals surface area contributed by atoms with Crippen molar-refractivity contribution in [2.75, 3.05) is 5.32 Å². The van der Waals surface area contributed by atoms with Gasteiger partial charge in [0.25, 0.3) is 0 Å². The third-order valence-corrected chi connectivity index (χ3v) is 4.38. The van der Waals surface area contributed by atoms with E-state index in [0.29, 0.717) is 11.5 Å². The van der Waals surface area contributed by atoms with E-state index in [4.69, 9.17) is 0 Å². The number of nitrogens with one attached hydrogen (secondary N) is 2. The van der Waals surface area contributed by atoms with Crippen LogP contribution in [0, 0.1) is 11.3 Å². The van der Waals surface area contributed by atoms with Gasteiger partial charge in [-0.1, -0.05) is 32.9 Å². The van der Waals surface area contributed by atoms with Crippen molar-refractivity contribution in [3.63, 3.8) is 0 Å². The lowest BCUT2D eigenvalue weighted by molar-refractivity contribution is 0.366. The average Bonchev–Trinajstić information content (AvgIpc) is 2.99. The van der Waals surface area contributed by atoms with Crippen molar-refractivity contribution in [1.29, 1.82) is 0 Å². The van der Waals surface area contributed by atoms with Gasteiger partial charge < -0.3 is 5.32 Å². The molecule has 1 aromatic heterocycles. The van der Waals surface area contributed by atoms with Gasteiger partial charge >= 0.3 is 0 Å². The number of H-pyrrole nitrogens is 1. The van der Waals surface area contributed by atoms with E-state index in [-0.39, 0.29) is 0 Å². The Bertz CT molecular complexity index is 554. The van der Waals surface area contributed by atoms with Crippen LogP contribution in [-0.2, 0) is 0 Å². The second-order valence-electron chi connectivity index (χ2n) is 6.85. The molecule has 1 saturated carbocycles. The number of nitrogens with zero attached hydrogens (tertiary/aromatic N) is 1. The van der Waals surface area contributed by atoms with Crippen molar-refractivity contribution in [3.8, 4) is 11.3 Å². The Hall–Kier alpha value is -1.77. The average molecular weight is 269 g/mol. The predicted molar refractivity (Wildman–Crippen MR) is 83.6 cm³/mol. The van der Waals surface area contributed by atoms with Crippen LogP contribution in [0.4, 0.5) is 5.69 Å². The maximum Gasteiger partial charge on any atom is 0.0650 e. The predicted octanol–water partition coefficient (Wildman–Crippen LogP) is 4.31. The quantitative estimate of drug-likeness (QED) is 0.871. The Morgan fingerprint density at radius 2 is 1.90 bits per heavy atom. The van der Waals surface area contributed by atoms with Gasteiger partial charge in [0.05, 0.1) is 5.69 Å². The van der Waals surface area contributed by atoms with E-state index in [2.05, 4.69) is 60.6 Å². The first-order valence-corrected chi connectivity index (χ1v) is 7.40. The highest BCUT2D eigenvalue weighted by atomic mass is 15.1. The van der Waals surface area contributed by atoms with Gasteiger partial charge in [0.1, 0.15) is 0 Å². The van der Waals surface area contributed by atoms with E-state index < -0.39 is 0 Å². The number of hydrogen-bond acceptors (Lipinski definition) is 2. The molecule has 3 rings (SSSR count). The molecule has 2 unspecified atom stereocenters. The van der Waals surface area contributed by atoms with Crippen molar-refractivity contribution < 1.29 is 0 Å². The van der Waals surface area contributed by atoms with Gasteiger partial charge in [-0.3, -0.25) is 5.10 Å². The summed E-state index contributed by atoms with van der Waals surface area (Å²) in [4.78, 5) is 0. The topological polar surface area (TPSA) is 40.7 Å². The SMILES string of the molecule is CC1CC(C)(C)CC1Nc1ccc(-c2ccn[nH]2)cc1. The first kappa shape index (κ1) is 13.2. The molecule has 1 fully saturated rings. The van der Waals surface area contributed by atoms with E-state index in [9.17, 15) is 0 Å². The summed E-state index contributed by atoms with van der Waals surface area (Å²) in [5, 5.41) is 10.7. The molecule has 0 spiro atoms. The monoisotopic (exact) mass is 269 g/mol. The van der Waals surface area contributed by atoms with Crippen molar-refractivity contribution in [2.24, 2.45) is 11.3 Å². The summed E-state index contributed by atoms with van der Waals surface area (Å²) in [5.41, 5.74) is 3.91. The van der Waals surface area contributed by atoms with E-state index in [0.717, 1.165) is 11.6 Å². The molecule has 0 aliphatic heterocycles. The fraction of sp³-hybridized carbons (Fsp3) is 0.471. The van der Waals surface area contributed by atoms with Crippen molar-refractivity contribution >= 4 is 5.69 Å². The smallest absolute Gasteiger partial charge is 0.0650 e. The van der Waals surface area contributed by atoms with Gasteiger partial charge in [0, 0.05) is 17.9 Å². The van der Waals surface area contributed by atoms with Crippen LogP contribution in [0.15, 0.2) is 36.5 Å². The van der Waals surface area contributed by atoms with Crippen LogP contribution in [0.1, 0.15) is 33.6 Å². The van der Waals surface area contributed by atoms with Crippen LogP contribution in [0.2, 0.25) is 0 Å². The summed E-state index contributed by atoms with van der Waals surface area (Å²) in [6, 6.07) is 11.2. The van der Waals surface area contributed by atoms with Crippen molar-refractivity contribution in [1.82, 2.24) is 10.2 Å². The largest absolute Gasteiger partial charge is 0.382 e. The lowest BCUT2D eigenvalue weighted by atomic mass is 9.91. The third kappa shape index (κ3) is 2.72. The molecular formula is C17H23N3. The number of aromatic nitrogens is 2. The summed E-state index contributed by atoms with van der Waals surface area (Å²) in [7, 11) is 0. The molecule has 2 atom stereocenters. The van der Waals surface area contributed by atoms with E-state index >= 15 is 0 Å². The molecule has 0 radical (unpaired) electrons. The van der Waals surface area contributed by atoms with Gasteiger partial charge in [-0.05, 0) is 47.9 Å². The first-order chi connectivity index (χ1) is 9.53. The minimum atomic E-state index is 0.465. The van der Waals surface area contributed by atoms with Gasteiger partial charge in [-0.2, -0.15) is 5.10 Å². The molecule has 106 valence electrons. The van der Waals surface area contributed by atoms with Crippen LogP contribution in [-0.4, -0.2) is 16.2 Å². The molecule has 3 nitrogen and oxygen atoms in total. The molecular weight excluding hydrogens is 246 g/mol. The lowest BCUT2D eigenvalue weighted by Gasteiger charge is -2.20. The van der Waals surface area contributed by atoms with Gasteiger partial charge in [0.2, 0.25) is 0 Å². The number of benzene rings is 1. The molecule has 1 aliphatic carbocycles. The number of hydrogen-bond donors (Lipinski definition) is 2. The van der Waals surface area contributed by atoms with Crippen molar-refractivity contribution in [3.05, 3.63) is 36.5 Å². The normalized spacial score (nSPS) is 24.8. The molecule has 3 heteroatoms. The highest BCUT2D eigenvalue weighted by molar-refractivity contribution is 5.62. The molecule has 1 heterocycles. The van der Waals surface area contributed by atoms with Gasteiger partial charge in [-0.25, -0.2) is 0 Å². The summed E-state index contributed by atoms with van der Waals surface area (Å²) in [6.07, 6.45) is 4.33. The molecule has 0 saturated heterocycles. The highest BCUT2D eigenvalue weighted by Crippen LogP contribution is 2.42. The molecule has 20 heavy (non-hydrogen) atoms. The molecule has 1 aromatic carbocycles. The zero-order valence-corrected chi connectivity index (χ0v) is 12.5. The van der Waals surface area contributed by atoms with Crippen LogP contribution in [0.3, 0.4) is 0 Å². The maximum absolute atomic E-state index is 3.99. The van der Waals surface area contributed by atoms with Crippen LogP contribution in [0.25, 0.3) is 11.3 Å². The zero-order chi connectivity index (χ0) is 14.2. The number of anilines is 1. The minimum absolute atomic E-state index is 0.465. The molecule has 2 aromatic rings. The third-order valence-electron chi connectivity index (χ3n) is 4.38. The van der Waals surface area contributed by atoms with Crippen LogP contribution < -0.4 is 5.32 Å². The van der Waals surface area contributed by atoms with Crippen molar-refractivity contribution in [2.45, 2.75) is 39.7 Å². The molecule has 2 N–H and O–H groups in total. The summed E-state index contributed by atoms with van der Waals surface area (Å²) < 4.78 is 0. The lowest BCUT2D eigenvalue weighted by Crippen LogP contribution is -2.22. The Kier molecular flexibility index (Phi) is 3.28. The molecule has 0 bridgehead atoms. The fourth-order valence-electron chi connectivity index (χ4n) is 3.46. The van der Waals surface area contributed by atoms with Gasteiger partial charge in [-0.15, -0.1) is 0 Å². The van der Waals surface area contributed by atoms with Gasteiger partial charge in [0.15, 0.2) is 0 Å². The second kappa shape index (κ2) is 4.97. The Balaban J connectivity index is 1.70. The van der Waals surface area contributed by atoms with E-state index in [1.54, 1.807) is 6.20 Å². The number of aromatic amines is 1. The number of rotatable bonds is 3. The Labute approximate surface area is 120 Å². The standard InChI is InChI=1S/C17H23N3/c1-12-10-17(2,3)11-16(12)19-14-6-4-13(5-7-14)15-8-9-18-20-15/h4-9,12,16,19H,10-11H2,1-3H3,(H,18,20). The maximum atomic E-state index is 3.99. The fourth-order valence-corrected chi connectivity index (χ4v) is 3.46. The minimum Gasteiger partial charge on any atom is -0.382 e. The first-order valence-electron chi connectivity index (χ1n) is 7.40. The van der Waals surface area contributed by atoms with Crippen LogP contribution in [0.5, 0.6) is 0 Å². The van der Waals surface area contributed by atoms with E-state index in [1.165, 1.54) is 24.1 Å². The molecule has 0 amide bonds. The highest BCUT2D eigenvalue weighted by Gasteiger charge is 2.36. The second-order valence-corrected chi connectivity index (χ2v) is 6.85. The Morgan fingerprint density at radius 3 is 2.45 bits per heavy atom. The van der Waals surface area contributed by atoms with Crippen LogP contribution >= 0.6 is 0 Å². The summed E-state index contributed by atoms with van der Waals surface area (Å²) in [5.74, 6) is 0.734. The summed E-state index contributed by atoms with van der Waals surface area (Å²) in [6.45, 7) is 7.09. The zero-order valence-electron chi connectivity index (χ0n) is 12.5.